The lowest BCUT2D eigenvalue weighted by atomic mass is 10.1. The molecule has 0 fully saturated rings. The van der Waals surface area contributed by atoms with E-state index in [0.29, 0.717) is 24.2 Å². The van der Waals surface area contributed by atoms with E-state index < -0.39 is 0 Å². The molecule has 6 rings (SSSR count). The summed E-state index contributed by atoms with van der Waals surface area (Å²) in [5.41, 5.74) is 2.80. The van der Waals surface area contributed by atoms with E-state index in [-0.39, 0.29) is 11.8 Å². The summed E-state index contributed by atoms with van der Waals surface area (Å²) < 4.78 is 0.998. The van der Waals surface area contributed by atoms with Crippen LogP contribution in [0, 0.1) is 0 Å². The Morgan fingerprint density at radius 3 is 1.43 bits per heavy atom. The quantitative estimate of drug-likeness (QED) is 0.0887. The number of unbranched alkanes of at least 4 members (excludes halogenated alkanes) is 9. The Morgan fingerprint density at radius 2 is 0.918 bits per heavy atom. The zero-order chi connectivity index (χ0) is 34.3. The van der Waals surface area contributed by atoms with Gasteiger partial charge in [-0.25, -0.2) is 0 Å². The first-order valence-corrected chi connectivity index (χ1v) is 22.2. The van der Waals surface area contributed by atoms with Crippen molar-refractivity contribution in [2.24, 2.45) is 0 Å². The van der Waals surface area contributed by atoms with Crippen molar-refractivity contribution in [2.45, 2.75) is 104 Å². The number of amides is 2. The van der Waals surface area contributed by atoms with Crippen LogP contribution >= 0.6 is 61.3 Å². The van der Waals surface area contributed by atoms with Crippen LogP contribution in [0.15, 0.2) is 63.5 Å². The number of thiophene rings is 4. The minimum Gasteiger partial charge on any atom is -0.306 e. The molecule has 0 saturated carbocycles. The van der Waals surface area contributed by atoms with Crippen molar-refractivity contribution in [3.8, 4) is 19.5 Å². The molecule has 2 aliphatic rings. The third kappa shape index (κ3) is 8.12. The highest BCUT2D eigenvalue weighted by molar-refractivity contribution is 9.11. The maximum absolute atomic E-state index is 14.5. The summed E-state index contributed by atoms with van der Waals surface area (Å²) in [6, 6.07) is 17.4. The summed E-state index contributed by atoms with van der Waals surface area (Å²) in [5, 5.41) is 0. The van der Waals surface area contributed by atoms with Gasteiger partial charge in [0, 0.05) is 37.5 Å². The zero-order valence-corrected chi connectivity index (χ0v) is 33.8. The molecule has 9 heteroatoms. The molecule has 0 unspecified atom stereocenters. The topological polar surface area (TPSA) is 40.6 Å². The summed E-state index contributed by atoms with van der Waals surface area (Å²) in [4.78, 5) is 41.3. The second-order valence-corrected chi connectivity index (χ2v) is 18.8. The Morgan fingerprint density at radius 1 is 0.490 bits per heavy atom. The monoisotopic (exact) mass is 794 g/mol. The lowest BCUT2D eigenvalue weighted by molar-refractivity contribution is -0.124. The van der Waals surface area contributed by atoms with Crippen molar-refractivity contribution in [2.75, 3.05) is 13.1 Å². The molecule has 0 spiro atoms. The number of halogens is 1. The fourth-order valence-corrected chi connectivity index (χ4v) is 11.5. The molecule has 0 radical (unpaired) electrons. The molecule has 0 N–H and O–H groups in total. The Labute approximate surface area is 316 Å². The molecule has 0 aromatic carbocycles. The van der Waals surface area contributed by atoms with Crippen LogP contribution in [-0.2, 0) is 16.0 Å². The first-order chi connectivity index (χ1) is 23.9. The number of hydrogen-bond donors (Lipinski definition) is 0. The molecule has 0 saturated heterocycles. The maximum atomic E-state index is 14.5. The molecule has 2 amide bonds. The van der Waals surface area contributed by atoms with Gasteiger partial charge in [0.2, 0.25) is 0 Å². The lowest BCUT2D eigenvalue weighted by Gasteiger charge is -2.24. The lowest BCUT2D eigenvalue weighted by Crippen LogP contribution is -2.30. The smallest absolute Gasteiger partial charge is 0.261 e. The number of aryl methyl sites for hydroxylation is 1. The molecule has 0 aliphatic carbocycles. The van der Waals surface area contributed by atoms with Gasteiger partial charge in [-0.05, 0) is 90.1 Å². The van der Waals surface area contributed by atoms with Crippen molar-refractivity contribution >= 4 is 84.5 Å². The van der Waals surface area contributed by atoms with E-state index in [1.807, 2.05) is 44.6 Å². The van der Waals surface area contributed by atoms with Gasteiger partial charge < -0.3 is 9.80 Å². The van der Waals surface area contributed by atoms with Gasteiger partial charge in [0.15, 0.2) is 0 Å². The minimum atomic E-state index is -0.0259. The largest absolute Gasteiger partial charge is 0.306 e. The van der Waals surface area contributed by atoms with Crippen LogP contribution in [0.2, 0.25) is 0 Å². The fourth-order valence-electron chi connectivity index (χ4n) is 6.74. The van der Waals surface area contributed by atoms with Crippen LogP contribution in [0.1, 0.15) is 112 Å². The van der Waals surface area contributed by atoms with Crippen LogP contribution in [-0.4, -0.2) is 34.7 Å². The molecular weight excluding hydrogens is 749 g/mol. The van der Waals surface area contributed by atoms with Gasteiger partial charge in [0.1, 0.15) is 0 Å². The van der Waals surface area contributed by atoms with Crippen molar-refractivity contribution < 1.29 is 9.59 Å². The highest BCUT2D eigenvalue weighted by Gasteiger charge is 2.49. The Kier molecular flexibility index (Phi) is 12.9. The van der Waals surface area contributed by atoms with Crippen LogP contribution in [0.25, 0.3) is 30.9 Å². The summed E-state index contributed by atoms with van der Waals surface area (Å²) in [6.45, 7) is 7.93. The first-order valence-electron chi connectivity index (χ1n) is 18.1. The van der Waals surface area contributed by atoms with Crippen molar-refractivity contribution in [3.63, 3.8) is 0 Å². The molecule has 0 atom stereocenters. The number of hydrogen-bond acceptors (Lipinski definition) is 6. The van der Waals surface area contributed by atoms with E-state index in [1.165, 1.54) is 56.5 Å². The predicted octanol–water partition coefficient (Wildman–Crippen LogP) is 13.1. The summed E-state index contributed by atoms with van der Waals surface area (Å²) in [7, 11) is 0. The molecule has 260 valence electrons. The standard InChI is InChI=1S/C40H47BrN2O2S4/c1-4-7-10-13-16-27-17-18-28(46-27)29-19-20-30(47-29)31-21-22-32(48-31)37-35-36(40(45)42(37)25-14-11-8-5-2)38(33-23-24-34(41)49-33)43(39(35)44)26-15-12-9-6-3/h17-24H,4-16,25-26H2,1-3H3. The van der Waals surface area contributed by atoms with Gasteiger partial charge in [0.05, 0.1) is 36.1 Å². The van der Waals surface area contributed by atoms with E-state index >= 15 is 0 Å². The van der Waals surface area contributed by atoms with Gasteiger partial charge in [-0.1, -0.05) is 78.6 Å². The number of fused-ring (bicyclic) bond motifs is 1. The maximum Gasteiger partial charge on any atom is 0.261 e. The average Bonchev–Trinajstić information content (AvgIpc) is 3.95. The number of carbonyl (C=O) groups excluding carboxylic acids is 2. The van der Waals surface area contributed by atoms with Gasteiger partial charge in [-0.3, -0.25) is 9.59 Å². The third-order valence-corrected chi connectivity index (χ3v) is 14.7. The van der Waals surface area contributed by atoms with E-state index in [1.54, 1.807) is 22.7 Å². The fraction of sp³-hybridized carbons (Fsp3) is 0.450. The summed E-state index contributed by atoms with van der Waals surface area (Å²) >= 11 is 10.7. The number of carbonyl (C=O) groups is 2. The highest BCUT2D eigenvalue weighted by Crippen LogP contribution is 2.50. The summed E-state index contributed by atoms with van der Waals surface area (Å²) in [6.07, 6.45) is 14.9. The Bertz CT molecular complexity index is 1820. The molecule has 49 heavy (non-hydrogen) atoms. The molecule has 0 bridgehead atoms. The van der Waals surface area contributed by atoms with Gasteiger partial charge in [-0.15, -0.1) is 45.3 Å². The second kappa shape index (κ2) is 17.3. The third-order valence-electron chi connectivity index (χ3n) is 9.33. The number of rotatable bonds is 19. The minimum absolute atomic E-state index is 0.0259. The SMILES string of the molecule is CCCCCCc1ccc(-c2ccc(-c3ccc(C4=C5C(=O)N(CCCCCC)C(c6ccc(Br)s6)=C5C(=O)N4CCCCCC)s3)s2)s1. The van der Waals surface area contributed by atoms with Gasteiger partial charge in [0.25, 0.3) is 11.8 Å². The second-order valence-electron chi connectivity index (χ2n) is 13.0. The van der Waals surface area contributed by atoms with Crippen LogP contribution in [0.5, 0.6) is 0 Å². The normalized spacial score (nSPS) is 14.8. The molecule has 6 heterocycles. The van der Waals surface area contributed by atoms with E-state index in [9.17, 15) is 9.59 Å². The first kappa shape index (κ1) is 36.5. The van der Waals surface area contributed by atoms with Crippen molar-refractivity contribution in [1.29, 1.82) is 0 Å². The average molecular weight is 796 g/mol. The summed E-state index contributed by atoms with van der Waals surface area (Å²) in [5.74, 6) is -0.0519. The molecule has 2 aliphatic heterocycles. The van der Waals surface area contributed by atoms with Gasteiger partial charge in [-0.2, -0.15) is 0 Å². The zero-order valence-electron chi connectivity index (χ0n) is 28.9. The van der Waals surface area contributed by atoms with Crippen molar-refractivity contribution in [1.82, 2.24) is 9.80 Å². The molecule has 4 nitrogen and oxygen atoms in total. The molecule has 4 aromatic rings. The van der Waals surface area contributed by atoms with Gasteiger partial charge >= 0.3 is 0 Å². The van der Waals surface area contributed by atoms with Crippen molar-refractivity contribution in [3.05, 3.63) is 78.1 Å². The number of nitrogens with zero attached hydrogens (tertiary/aromatic N) is 2. The van der Waals surface area contributed by atoms with E-state index in [2.05, 4.69) is 73.1 Å². The molecular formula is C40H47BrN2O2S4. The van der Waals surface area contributed by atoms with E-state index in [4.69, 9.17) is 0 Å². The van der Waals surface area contributed by atoms with E-state index in [0.717, 1.165) is 76.3 Å². The van der Waals surface area contributed by atoms with Crippen LogP contribution in [0.3, 0.4) is 0 Å². The molecule has 4 aromatic heterocycles. The Balaban J connectivity index is 1.33. The Hall–Kier alpha value is -2.30. The highest BCUT2D eigenvalue weighted by atomic mass is 79.9. The van der Waals surface area contributed by atoms with Crippen LogP contribution in [0.4, 0.5) is 0 Å². The predicted molar refractivity (Wildman–Crippen MR) is 216 cm³/mol. The van der Waals surface area contributed by atoms with Crippen LogP contribution < -0.4 is 0 Å².